The summed E-state index contributed by atoms with van der Waals surface area (Å²) in [5.74, 6) is 0. The molecular weight excluding hydrogens is 230 g/mol. The lowest BCUT2D eigenvalue weighted by Crippen LogP contribution is -1.96. The average Bonchev–Trinajstić information content (AvgIpc) is 2.86. The molecule has 1 heterocycles. The molecule has 1 rings (SSSR count). The van der Waals surface area contributed by atoms with Crippen molar-refractivity contribution in [3.63, 3.8) is 0 Å². The summed E-state index contributed by atoms with van der Waals surface area (Å²) in [7, 11) is 0. The molecule has 0 amide bonds. The Labute approximate surface area is 120 Å². The smallest absolute Gasteiger partial charge is 0.0436 e. The Hall–Kier alpha value is -0.720. The van der Waals surface area contributed by atoms with Gasteiger partial charge < -0.3 is 0 Å². The second-order valence-corrected chi connectivity index (χ2v) is 5.75. The molecule has 1 radical (unpaired) electrons. The maximum Gasteiger partial charge on any atom is 0.0436 e. The molecule has 1 heteroatoms. The Bertz CT molecular complexity index is 275. The van der Waals surface area contributed by atoms with Gasteiger partial charge in [-0.15, -0.1) is 0 Å². The van der Waals surface area contributed by atoms with Gasteiger partial charge in [-0.25, -0.2) is 0 Å². The Morgan fingerprint density at radius 1 is 0.737 bits per heavy atom. The highest BCUT2D eigenvalue weighted by Gasteiger charge is 2.09. The van der Waals surface area contributed by atoms with Crippen LogP contribution in [-0.2, 0) is 0 Å². The molecule has 0 atom stereocenters. The molecular formula is C18H32N. The van der Waals surface area contributed by atoms with E-state index in [9.17, 15) is 0 Å². The first-order valence-corrected chi connectivity index (χ1v) is 8.48. The van der Waals surface area contributed by atoms with Gasteiger partial charge in [0.2, 0.25) is 0 Å². The molecule has 0 bridgehead atoms. The SMILES string of the molecule is CCCCCCCC1=C(CCCCCCC)[N]C=C1. The Balaban J connectivity index is 2.13. The molecule has 0 fully saturated rings. The fourth-order valence-corrected chi connectivity index (χ4v) is 2.66. The lowest BCUT2D eigenvalue weighted by atomic mass is 10.0. The Morgan fingerprint density at radius 2 is 1.32 bits per heavy atom. The summed E-state index contributed by atoms with van der Waals surface area (Å²) in [4.78, 5) is 0. The molecule has 0 aromatic heterocycles. The van der Waals surface area contributed by atoms with Gasteiger partial charge in [-0.2, -0.15) is 0 Å². The molecule has 0 aromatic rings. The van der Waals surface area contributed by atoms with Crippen LogP contribution in [0.1, 0.15) is 90.9 Å². The van der Waals surface area contributed by atoms with Crippen molar-refractivity contribution >= 4 is 0 Å². The van der Waals surface area contributed by atoms with E-state index in [0.29, 0.717) is 0 Å². The Morgan fingerprint density at radius 3 is 1.95 bits per heavy atom. The number of hydrogen-bond donors (Lipinski definition) is 0. The van der Waals surface area contributed by atoms with Crippen LogP contribution in [0.3, 0.4) is 0 Å². The maximum absolute atomic E-state index is 4.55. The van der Waals surface area contributed by atoms with Gasteiger partial charge in [0.05, 0.1) is 0 Å². The predicted octanol–water partition coefficient (Wildman–Crippen LogP) is 6.09. The van der Waals surface area contributed by atoms with Gasteiger partial charge in [-0.05, 0) is 37.3 Å². The van der Waals surface area contributed by atoms with Crippen LogP contribution < -0.4 is 5.32 Å². The van der Waals surface area contributed by atoms with Crippen LogP contribution in [0.4, 0.5) is 0 Å². The van der Waals surface area contributed by atoms with E-state index >= 15 is 0 Å². The largest absolute Gasteiger partial charge is 0.261 e. The second-order valence-electron chi connectivity index (χ2n) is 5.75. The summed E-state index contributed by atoms with van der Waals surface area (Å²) in [6.07, 6.45) is 20.3. The van der Waals surface area contributed by atoms with E-state index in [0.717, 1.165) is 0 Å². The van der Waals surface area contributed by atoms with Crippen LogP contribution in [0, 0.1) is 0 Å². The van der Waals surface area contributed by atoms with E-state index in [1.54, 1.807) is 0 Å². The zero-order valence-electron chi connectivity index (χ0n) is 13.1. The van der Waals surface area contributed by atoms with Gasteiger partial charge >= 0.3 is 0 Å². The molecule has 109 valence electrons. The summed E-state index contributed by atoms with van der Waals surface area (Å²) in [5.41, 5.74) is 2.90. The van der Waals surface area contributed by atoms with Crippen molar-refractivity contribution in [2.24, 2.45) is 0 Å². The van der Waals surface area contributed by atoms with E-state index in [1.165, 1.54) is 88.3 Å². The topological polar surface area (TPSA) is 14.1 Å². The van der Waals surface area contributed by atoms with Gasteiger partial charge in [-0.3, -0.25) is 5.32 Å². The van der Waals surface area contributed by atoms with E-state index in [4.69, 9.17) is 0 Å². The third kappa shape index (κ3) is 7.44. The quantitative estimate of drug-likeness (QED) is 0.378. The van der Waals surface area contributed by atoms with Gasteiger partial charge in [0.25, 0.3) is 0 Å². The molecule has 0 aromatic carbocycles. The molecule has 1 aliphatic heterocycles. The first-order chi connectivity index (χ1) is 9.38. The van der Waals surface area contributed by atoms with Crippen molar-refractivity contribution < 1.29 is 0 Å². The zero-order chi connectivity index (χ0) is 13.8. The van der Waals surface area contributed by atoms with Crippen molar-refractivity contribution in [2.45, 2.75) is 90.9 Å². The third-order valence-electron chi connectivity index (χ3n) is 3.94. The van der Waals surface area contributed by atoms with Crippen LogP contribution in [-0.4, -0.2) is 0 Å². The average molecular weight is 262 g/mol. The zero-order valence-corrected chi connectivity index (χ0v) is 13.1. The lowest BCUT2D eigenvalue weighted by Gasteiger charge is -2.06. The first kappa shape index (κ1) is 16.3. The second kappa shape index (κ2) is 11.1. The molecule has 1 nitrogen and oxygen atoms in total. The number of hydrogen-bond acceptors (Lipinski definition) is 0. The van der Waals surface area contributed by atoms with Crippen LogP contribution >= 0.6 is 0 Å². The van der Waals surface area contributed by atoms with Crippen molar-refractivity contribution in [3.8, 4) is 0 Å². The highest BCUT2D eigenvalue weighted by molar-refractivity contribution is 5.31. The highest BCUT2D eigenvalue weighted by Crippen LogP contribution is 2.23. The summed E-state index contributed by atoms with van der Waals surface area (Å²) in [6, 6.07) is 0. The van der Waals surface area contributed by atoms with E-state index in [1.807, 2.05) is 6.20 Å². The monoisotopic (exact) mass is 262 g/mol. The Kier molecular flexibility index (Phi) is 9.57. The standard InChI is InChI=1S/C18H32N/c1-3-5-7-9-11-13-17-15-16-19-18(17)14-12-10-8-6-4-2/h15-16H,3-14H2,1-2H3. The fourth-order valence-electron chi connectivity index (χ4n) is 2.66. The van der Waals surface area contributed by atoms with Crippen LogP contribution in [0.25, 0.3) is 0 Å². The molecule has 0 N–H and O–H groups in total. The summed E-state index contributed by atoms with van der Waals surface area (Å²) < 4.78 is 0. The van der Waals surface area contributed by atoms with Crippen LogP contribution in [0.5, 0.6) is 0 Å². The maximum atomic E-state index is 4.55. The lowest BCUT2D eigenvalue weighted by molar-refractivity contribution is 0.615. The molecule has 19 heavy (non-hydrogen) atoms. The first-order valence-electron chi connectivity index (χ1n) is 8.48. The minimum absolute atomic E-state index is 1.20. The third-order valence-corrected chi connectivity index (χ3v) is 3.94. The van der Waals surface area contributed by atoms with Crippen molar-refractivity contribution in [1.29, 1.82) is 0 Å². The molecule has 0 unspecified atom stereocenters. The van der Waals surface area contributed by atoms with Gasteiger partial charge in [0.1, 0.15) is 0 Å². The van der Waals surface area contributed by atoms with E-state index < -0.39 is 0 Å². The molecule has 0 saturated heterocycles. The summed E-state index contributed by atoms with van der Waals surface area (Å²) in [5, 5.41) is 4.55. The number of unbranched alkanes of at least 4 members (excludes halogenated alkanes) is 8. The van der Waals surface area contributed by atoms with Crippen molar-refractivity contribution in [2.75, 3.05) is 0 Å². The molecule has 0 spiro atoms. The fraction of sp³-hybridized carbons (Fsp3) is 0.778. The molecule has 1 aliphatic rings. The number of allylic oxidation sites excluding steroid dienone is 3. The normalized spacial score (nSPS) is 14.2. The molecule has 0 saturated carbocycles. The molecule has 0 aliphatic carbocycles. The minimum Gasteiger partial charge on any atom is -0.261 e. The minimum atomic E-state index is 1.20. The van der Waals surface area contributed by atoms with Crippen molar-refractivity contribution in [3.05, 3.63) is 23.5 Å². The number of rotatable bonds is 12. The van der Waals surface area contributed by atoms with E-state index in [2.05, 4.69) is 25.2 Å². The van der Waals surface area contributed by atoms with Gasteiger partial charge in [0.15, 0.2) is 0 Å². The summed E-state index contributed by atoms with van der Waals surface area (Å²) >= 11 is 0. The van der Waals surface area contributed by atoms with Gasteiger partial charge in [-0.1, -0.05) is 65.2 Å². The van der Waals surface area contributed by atoms with Crippen molar-refractivity contribution in [1.82, 2.24) is 5.32 Å². The van der Waals surface area contributed by atoms with Crippen LogP contribution in [0.2, 0.25) is 0 Å². The van der Waals surface area contributed by atoms with Crippen LogP contribution in [0.15, 0.2) is 23.5 Å². The van der Waals surface area contributed by atoms with E-state index in [-0.39, 0.29) is 0 Å². The predicted molar refractivity (Wildman–Crippen MR) is 85.1 cm³/mol. The summed E-state index contributed by atoms with van der Waals surface area (Å²) in [6.45, 7) is 4.55. The number of nitrogens with zero attached hydrogens (tertiary/aromatic N) is 1. The highest BCUT2D eigenvalue weighted by atomic mass is 14.9. The van der Waals surface area contributed by atoms with Gasteiger partial charge in [0, 0.05) is 11.9 Å².